The molecule has 0 aromatic carbocycles. The fraction of sp³-hybridized carbons (Fsp3) is 1.00. The van der Waals surface area contributed by atoms with Crippen LogP contribution < -0.4 is 5.32 Å². The highest BCUT2D eigenvalue weighted by molar-refractivity contribution is 4.85. The Morgan fingerprint density at radius 3 is 2.71 bits per heavy atom. The monoisotopic (exact) mass is 201 g/mol. The molecule has 0 saturated carbocycles. The topological polar surface area (TPSA) is 41.5 Å². The molecule has 0 bridgehead atoms. The summed E-state index contributed by atoms with van der Waals surface area (Å²) in [6.45, 7) is 8.41. The molecule has 1 aliphatic rings. The first kappa shape index (κ1) is 12.0. The number of hydrogen-bond acceptors (Lipinski definition) is 3. The molecule has 1 atom stereocenters. The standard InChI is InChI=1S/C11H23NO2/c1-10(2,13)6-7-12-11(3)5-4-8-14-9-11/h12-13H,4-9H2,1-3H3. The van der Waals surface area contributed by atoms with Crippen LogP contribution in [0.4, 0.5) is 0 Å². The third-order valence-corrected chi connectivity index (χ3v) is 2.73. The fourth-order valence-electron chi connectivity index (χ4n) is 1.74. The van der Waals surface area contributed by atoms with Crippen molar-refractivity contribution in [1.29, 1.82) is 0 Å². The van der Waals surface area contributed by atoms with Gasteiger partial charge in [0.15, 0.2) is 0 Å². The molecular weight excluding hydrogens is 178 g/mol. The van der Waals surface area contributed by atoms with Crippen molar-refractivity contribution < 1.29 is 9.84 Å². The molecular formula is C11H23NO2. The highest BCUT2D eigenvalue weighted by Crippen LogP contribution is 2.18. The van der Waals surface area contributed by atoms with Gasteiger partial charge in [0.1, 0.15) is 0 Å². The van der Waals surface area contributed by atoms with E-state index in [4.69, 9.17) is 4.74 Å². The second kappa shape index (κ2) is 4.60. The summed E-state index contributed by atoms with van der Waals surface area (Å²) < 4.78 is 5.44. The van der Waals surface area contributed by atoms with E-state index in [1.165, 1.54) is 6.42 Å². The van der Waals surface area contributed by atoms with Crippen LogP contribution in [0.1, 0.15) is 40.0 Å². The summed E-state index contributed by atoms with van der Waals surface area (Å²) in [6.07, 6.45) is 3.08. The minimum Gasteiger partial charge on any atom is -0.390 e. The van der Waals surface area contributed by atoms with Gasteiger partial charge in [-0.15, -0.1) is 0 Å². The minimum absolute atomic E-state index is 0.115. The van der Waals surface area contributed by atoms with Gasteiger partial charge in [0, 0.05) is 12.1 Å². The molecule has 1 unspecified atom stereocenters. The Balaban J connectivity index is 2.22. The molecule has 3 heteroatoms. The van der Waals surface area contributed by atoms with E-state index in [0.717, 1.165) is 32.6 Å². The third kappa shape index (κ3) is 4.40. The lowest BCUT2D eigenvalue weighted by atomic mass is 9.94. The Bertz CT molecular complexity index is 169. The molecule has 84 valence electrons. The summed E-state index contributed by atoms with van der Waals surface area (Å²) in [5.41, 5.74) is -0.456. The number of hydrogen-bond donors (Lipinski definition) is 2. The number of rotatable bonds is 4. The zero-order valence-corrected chi connectivity index (χ0v) is 9.60. The number of nitrogens with one attached hydrogen (secondary N) is 1. The molecule has 1 saturated heterocycles. The van der Waals surface area contributed by atoms with Crippen LogP contribution in [0.25, 0.3) is 0 Å². The fourth-order valence-corrected chi connectivity index (χ4v) is 1.74. The van der Waals surface area contributed by atoms with E-state index in [2.05, 4.69) is 12.2 Å². The van der Waals surface area contributed by atoms with Crippen molar-refractivity contribution in [2.24, 2.45) is 0 Å². The Morgan fingerprint density at radius 2 is 2.21 bits per heavy atom. The Morgan fingerprint density at radius 1 is 1.50 bits per heavy atom. The van der Waals surface area contributed by atoms with E-state index in [1.54, 1.807) is 0 Å². The van der Waals surface area contributed by atoms with Crippen molar-refractivity contribution in [1.82, 2.24) is 5.32 Å². The maximum Gasteiger partial charge on any atom is 0.0645 e. The highest BCUT2D eigenvalue weighted by Gasteiger charge is 2.27. The third-order valence-electron chi connectivity index (χ3n) is 2.73. The molecule has 0 aliphatic carbocycles. The van der Waals surface area contributed by atoms with E-state index in [1.807, 2.05) is 13.8 Å². The van der Waals surface area contributed by atoms with Crippen molar-refractivity contribution in [2.45, 2.75) is 51.2 Å². The molecule has 1 aliphatic heterocycles. The molecule has 2 N–H and O–H groups in total. The summed E-state index contributed by atoms with van der Waals surface area (Å²) in [5.74, 6) is 0. The second-order valence-electron chi connectivity index (χ2n) is 5.21. The normalized spacial score (nSPS) is 29.1. The lowest BCUT2D eigenvalue weighted by Gasteiger charge is -2.35. The Labute approximate surface area is 86.8 Å². The van der Waals surface area contributed by atoms with Gasteiger partial charge in [0.2, 0.25) is 0 Å². The van der Waals surface area contributed by atoms with Gasteiger partial charge in [0.25, 0.3) is 0 Å². The predicted octanol–water partition coefficient (Wildman–Crippen LogP) is 1.31. The van der Waals surface area contributed by atoms with Crippen LogP contribution in [0.3, 0.4) is 0 Å². The summed E-state index contributed by atoms with van der Waals surface area (Å²) in [4.78, 5) is 0. The zero-order valence-electron chi connectivity index (χ0n) is 9.60. The van der Waals surface area contributed by atoms with Gasteiger partial charge in [-0.2, -0.15) is 0 Å². The molecule has 1 rings (SSSR count). The van der Waals surface area contributed by atoms with Gasteiger partial charge in [-0.1, -0.05) is 0 Å². The van der Waals surface area contributed by atoms with Crippen molar-refractivity contribution in [2.75, 3.05) is 19.8 Å². The molecule has 1 fully saturated rings. The SMILES string of the molecule is CC(C)(O)CCNC1(C)CCCOC1. The Kier molecular flexibility index (Phi) is 3.93. The lowest BCUT2D eigenvalue weighted by Crippen LogP contribution is -2.50. The Hall–Kier alpha value is -0.120. The lowest BCUT2D eigenvalue weighted by molar-refractivity contribution is 0.0217. The van der Waals surface area contributed by atoms with Gasteiger partial charge < -0.3 is 15.2 Å². The molecule has 0 aromatic rings. The van der Waals surface area contributed by atoms with Crippen LogP contribution in [0.2, 0.25) is 0 Å². The first-order valence-electron chi connectivity index (χ1n) is 5.47. The van der Waals surface area contributed by atoms with Crippen molar-refractivity contribution in [3.63, 3.8) is 0 Å². The maximum absolute atomic E-state index is 9.56. The van der Waals surface area contributed by atoms with Gasteiger partial charge in [-0.25, -0.2) is 0 Å². The van der Waals surface area contributed by atoms with Crippen LogP contribution >= 0.6 is 0 Å². The number of aliphatic hydroxyl groups is 1. The summed E-state index contributed by atoms with van der Waals surface area (Å²) >= 11 is 0. The summed E-state index contributed by atoms with van der Waals surface area (Å²) in [6, 6.07) is 0. The first-order valence-corrected chi connectivity index (χ1v) is 5.47. The van der Waals surface area contributed by atoms with Crippen LogP contribution in [-0.4, -0.2) is 36.0 Å². The number of ether oxygens (including phenoxy) is 1. The molecule has 14 heavy (non-hydrogen) atoms. The van der Waals surface area contributed by atoms with Crippen LogP contribution in [-0.2, 0) is 4.74 Å². The molecule has 0 amide bonds. The minimum atomic E-state index is -0.571. The second-order valence-corrected chi connectivity index (χ2v) is 5.21. The van der Waals surface area contributed by atoms with Gasteiger partial charge in [0.05, 0.1) is 12.2 Å². The van der Waals surface area contributed by atoms with E-state index < -0.39 is 5.60 Å². The molecule has 0 aromatic heterocycles. The average molecular weight is 201 g/mol. The summed E-state index contributed by atoms with van der Waals surface area (Å²) in [7, 11) is 0. The smallest absolute Gasteiger partial charge is 0.0645 e. The first-order chi connectivity index (χ1) is 6.41. The van der Waals surface area contributed by atoms with Crippen LogP contribution in [0, 0.1) is 0 Å². The van der Waals surface area contributed by atoms with Crippen molar-refractivity contribution >= 4 is 0 Å². The van der Waals surface area contributed by atoms with Gasteiger partial charge >= 0.3 is 0 Å². The zero-order chi connectivity index (χ0) is 10.7. The predicted molar refractivity (Wildman–Crippen MR) is 57.4 cm³/mol. The molecule has 3 nitrogen and oxygen atoms in total. The average Bonchev–Trinajstić information content (AvgIpc) is 2.02. The highest BCUT2D eigenvalue weighted by atomic mass is 16.5. The van der Waals surface area contributed by atoms with Gasteiger partial charge in [-0.05, 0) is 46.6 Å². The largest absolute Gasteiger partial charge is 0.390 e. The van der Waals surface area contributed by atoms with E-state index in [9.17, 15) is 5.11 Å². The molecule has 0 radical (unpaired) electrons. The summed E-state index contributed by atoms with van der Waals surface area (Å²) in [5, 5.41) is 13.0. The molecule has 0 spiro atoms. The quantitative estimate of drug-likeness (QED) is 0.720. The van der Waals surface area contributed by atoms with Crippen LogP contribution in [0.15, 0.2) is 0 Å². The van der Waals surface area contributed by atoms with E-state index >= 15 is 0 Å². The van der Waals surface area contributed by atoms with E-state index in [0.29, 0.717) is 0 Å². The van der Waals surface area contributed by atoms with Crippen molar-refractivity contribution in [3.8, 4) is 0 Å². The molecule has 1 heterocycles. The van der Waals surface area contributed by atoms with Crippen LogP contribution in [0.5, 0.6) is 0 Å². The van der Waals surface area contributed by atoms with E-state index in [-0.39, 0.29) is 5.54 Å². The van der Waals surface area contributed by atoms with Crippen molar-refractivity contribution in [3.05, 3.63) is 0 Å². The van der Waals surface area contributed by atoms with Gasteiger partial charge in [-0.3, -0.25) is 0 Å². The maximum atomic E-state index is 9.56.